The maximum atomic E-state index is 13.1. The third-order valence-corrected chi connectivity index (χ3v) is 20.0. The standard InChI is InChI=1S/C34H30N16O2.C24H26N16O2.C21H21N17O5/c1-19-27(41-43-33-23(16-39-47(33)3)29(51)21-11-7-5-8-12-21)31(35)49(45-19)25-15-26(38-18-37-25)50-32(36)28(20(2)46-50)42-44-34-24(17-40-48(34)4)30(52)22-13-9-6-10-14-22;1-11-19(31-33-23-15(13(3)41)8-29-37(23)5)21(25)39(35-11)17-7-18(28-10-27-17)40-22(26)20(12(2)36-40)32-34-24-16(14(4)42)9-30-38(24)6;1-7-12(29-33-16-9(4-24-31-16)11(40)6-39)14(22)37(35-7)19-26-20(28-21(42)27-19)38-15(23)13(8(2)36-38)30-34-17-10(5-25-32-17)18(41)43-3/h5-18H,35-36H2,1-4H3;7-10H,25-26H2,1-6H3;4-5,39H,6,22-23H2,1-3H3,(H,24,31)(H,25,32)(H,26,27,28,42). The summed E-state index contributed by atoms with van der Waals surface area (Å²) in [6.07, 6.45) is 10.8. The summed E-state index contributed by atoms with van der Waals surface area (Å²) in [7, 11) is 7.85. The maximum Gasteiger partial charge on any atom is 0.343 e. The van der Waals surface area contributed by atoms with Gasteiger partial charge in [0.15, 0.2) is 156 Å². The molecule has 0 spiro atoms. The first-order valence-corrected chi connectivity index (χ1v) is 40.0. The lowest BCUT2D eigenvalue weighted by molar-refractivity contribution is 0.0600. The van der Waals surface area contributed by atoms with E-state index in [1.807, 2.05) is 12.1 Å². The lowest BCUT2D eigenvalue weighted by atomic mass is 10.1. The van der Waals surface area contributed by atoms with Crippen molar-refractivity contribution in [2.24, 2.45) is 89.6 Å². The van der Waals surface area contributed by atoms with Crippen LogP contribution in [0.15, 0.2) is 184 Å². The summed E-state index contributed by atoms with van der Waals surface area (Å²) in [5.41, 5.74) is 44.4. The van der Waals surface area contributed by atoms with Gasteiger partial charge in [-0.25, -0.2) is 43.5 Å². The van der Waals surface area contributed by atoms with E-state index < -0.39 is 24.4 Å². The third-order valence-electron chi connectivity index (χ3n) is 20.0. The number of carbonyl (C=O) groups excluding carboxylic acids is 6. The van der Waals surface area contributed by atoms with Gasteiger partial charge in [0.2, 0.25) is 0 Å². The van der Waals surface area contributed by atoms with E-state index >= 15 is 0 Å². The highest BCUT2D eigenvalue weighted by molar-refractivity contribution is 6.12. The average molecular weight is 1860 g/mol. The Balaban J connectivity index is 0.000000157. The zero-order valence-corrected chi connectivity index (χ0v) is 74.3. The predicted molar refractivity (Wildman–Crippen MR) is 481 cm³/mol. The molecule has 58 heteroatoms. The van der Waals surface area contributed by atoms with Crippen LogP contribution in [0.4, 0.5) is 104 Å². The summed E-state index contributed by atoms with van der Waals surface area (Å²) in [5, 5.41) is 125. The number of ether oxygens (including phenoxy) is 1. The smallest absolute Gasteiger partial charge is 0.343 e. The molecule has 0 amide bonds. The van der Waals surface area contributed by atoms with Crippen LogP contribution >= 0.6 is 0 Å². The van der Waals surface area contributed by atoms with Crippen molar-refractivity contribution in [3.05, 3.63) is 201 Å². The second-order valence-corrected chi connectivity index (χ2v) is 29.2. The first-order chi connectivity index (χ1) is 65.7. The van der Waals surface area contributed by atoms with Gasteiger partial charge in [0, 0.05) is 51.5 Å². The third kappa shape index (κ3) is 18.5. The van der Waals surface area contributed by atoms with Crippen molar-refractivity contribution in [3.63, 3.8) is 0 Å². The number of nitrogen functional groups attached to an aromatic ring is 6. The number of rotatable bonds is 27. The van der Waals surface area contributed by atoms with Crippen molar-refractivity contribution in [2.75, 3.05) is 48.1 Å². The van der Waals surface area contributed by atoms with Crippen LogP contribution < -0.4 is 34.4 Å². The van der Waals surface area contributed by atoms with Crippen molar-refractivity contribution in [2.45, 2.75) is 55.4 Å². The molecule has 58 nitrogen and oxygen atoms in total. The number of methoxy groups -OCH3 is 1. The number of ketones is 5. The van der Waals surface area contributed by atoms with E-state index in [2.05, 4.69) is 172 Å². The van der Waals surface area contributed by atoms with E-state index in [1.165, 1.54) is 108 Å². The van der Waals surface area contributed by atoms with E-state index in [4.69, 9.17) is 39.5 Å². The number of nitrogens with one attached hydrogen (secondary N) is 2. The Morgan fingerprint density at radius 3 is 0.971 bits per heavy atom. The fourth-order valence-corrected chi connectivity index (χ4v) is 13.0. The normalized spacial score (nSPS) is 11.7. The van der Waals surface area contributed by atoms with Crippen LogP contribution in [-0.4, -0.2) is 212 Å². The molecule has 15 aromatic heterocycles. The molecule has 0 fully saturated rings. The number of carbonyl (C=O) groups is 6. The number of aromatic nitrogens is 31. The van der Waals surface area contributed by atoms with Gasteiger partial charge < -0.3 is 49.4 Å². The molecular formula is C79H77N49O9. The Morgan fingerprint density at radius 1 is 0.372 bits per heavy atom. The number of benzene rings is 2. The number of aromatic amines is 2. The molecule has 0 unspecified atom stereocenters. The lowest BCUT2D eigenvalue weighted by Crippen LogP contribution is -2.13. The summed E-state index contributed by atoms with van der Waals surface area (Å²) in [4.78, 5) is 103. The summed E-state index contributed by atoms with van der Waals surface area (Å²) in [6.45, 7) is 12.1. The molecule has 0 saturated heterocycles. The molecule has 0 aliphatic carbocycles. The minimum atomic E-state index is -0.739. The Bertz CT molecular complexity index is 7340. The number of anilines is 6. The second kappa shape index (κ2) is 38.4. The minimum Gasteiger partial charge on any atom is -0.479 e. The summed E-state index contributed by atoms with van der Waals surface area (Å²) in [5.74, 6) is 0.172. The number of esters is 1. The minimum absolute atomic E-state index is 0.00257. The average Bonchev–Trinajstić information content (AvgIpc) is 1.64. The van der Waals surface area contributed by atoms with Crippen molar-refractivity contribution in [3.8, 4) is 41.2 Å². The summed E-state index contributed by atoms with van der Waals surface area (Å²) < 4.78 is 18.1. The predicted octanol–water partition coefficient (Wildman–Crippen LogP) is 9.69. The van der Waals surface area contributed by atoms with E-state index in [0.29, 0.717) is 91.1 Å². The van der Waals surface area contributed by atoms with Crippen LogP contribution in [-0.2, 0) is 32.9 Å². The number of aliphatic hydroxyl groups is 1. The Labute approximate surface area is 767 Å². The number of H-pyrrole nitrogens is 2. The zero-order valence-electron chi connectivity index (χ0n) is 74.3. The molecule has 16 N–H and O–H groups in total. The number of aliphatic hydroxyl groups excluding tert-OH is 1. The lowest BCUT2D eigenvalue weighted by Gasteiger charge is -2.06. The Morgan fingerprint density at radius 2 is 0.657 bits per heavy atom. The number of hydrogen-bond donors (Lipinski definition) is 10. The molecule has 2 aromatic carbocycles. The van der Waals surface area contributed by atoms with E-state index in [1.54, 1.807) is 130 Å². The molecule has 0 radical (unpaired) electrons. The fourth-order valence-electron chi connectivity index (χ4n) is 13.0. The van der Waals surface area contributed by atoms with Crippen molar-refractivity contribution in [1.82, 2.24) is 153 Å². The molecule has 17 aromatic rings. The molecule has 0 aliphatic rings. The zero-order chi connectivity index (χ0) is 97.6. The highest BCUT2D eigenvalue weighted by Gasteiger charge is 2.29. The number of aromatic hydroxyl groups is 1. The van der Waals surface area contributed by atoms with Crippen molar-refractivity contribution >= 4 is 139 Å². The molecule has 137 heavy (non-hydrogen) atoms. The van der Waals surface area contributed by atoms with Gasteiger partial charge in [-0.15, -0.1) is 61.4 Å². The van der Waals surface area contributed by atoms with Gasteiger partial charge in [0.05, 0.1) is 106 Å². The monoisotopic (exact) mass is 1860 g/mol. The van der Waals surface area contributed by atoms with Crippen molar-refractivity contribution < 1.29 is 43.7 Å². The Hall–Kier alpha value is -19.9. The summed E-state index contributed by atoms with van der Waals surface area (Å²) in [6, 6.07) is 20.1. The molecule has 0 aliphatic heterocycles. The van der Waals surface area contributed by atoms with Crippen LogP contribution in [0.3, 0.4) is 0 Å². The van der Waals surface area contributed by atoms with Gasteiger partial charge in [-0.05, 0) is 55.4 Å². The fraction of sp³-hybridized carbons (Fsp3) is 0.177. The Kier molecular flexibility index (Phi) is 25.8. The largest absolute Gasteiger partial charge is 0.479 e. The van der Waals surface area contributed by atoms with E-state index in [9.17, 15) is 33.9 Å². The molecule has 692 valence electrons. The molecule has 0 atom stereocenters. The van der Waals surface area contributed by atoms with Crippen LogP contribution in [0.5, 0.6) is 6.01 Å². The van der Waals surface area contributed by atoms with Gasteiger partial charge >= 0.3 is 12.0 Å². The van der Waals surface area contributed by atoms with Crippen molar-refractivity contribution in [1.29, 1.82) is 0 Å². The number of hydrogen-bond acceptors (Lipinski definition) is 46. The number of nitrogens with zero attached hydrogens (tertiary/aromatic N) is 41. The molecule has 0 saturated carbocycles. The van der Waals surface area contributed by atoms with E-state index in [0.717, 1.165) is 9.36 Å². The van der Waals surface area contributed by atoms with Crippen LogP contribution in [0.1, 0.15) is 121 Å². The van der Waals surface area contributed by atoms with Gasteiger partial charge in [0.1, 0.15) is 24.8 Å². The first-order valence-electron chi connectivity index (χ1n) is 40.0. The SMILES string of the molecule is CC(=O)c1cnn(C)c1N=Nc1c(C)nn(-c2cc(-n3nc(C)c(N=Nc4c(C(C)=O)cnn4C)c3N)ncn2)c1N.COC(=O)c1cn[nH]c1N=Nc1c(C)nn(-c2nc(O)nc(-n3nc(C)c(N=Nc4[nH]ncc4C(=O)CO)c3N)n2)c1N.Cc1nn(-c2cc(-n3nc(C)c(N=Nc4c(C(=O)c5ccccc5)cnn4C)c3N)ncn2)c(N)c1N=Nc1c(C(=O)c2ccccc2)cnn1C. The molecule has 0 bridgehead atoms. The van der Waals surface area contributed by atoms with Crippen LogP contribution in [0.25, 0.3) is 35.2 Å². The molecule has 15 heterocycles. The second-order valence-electron chi connectivity index (χ2n) is 29.2. The van der Waals surface area contributed by atoms with Gasteiger partial charge in [-0.3, -0.25) is 34.2 Å². The van der Waals surface area contributed by atoms with Crippen LogP contribution in [0, 0.1) is 41.5 Å². The van der Waals surface area contributed by atoms with Gasteiger partial charge in [-0.2, -0.15) is 104 Å². The first kappa shape index (κ1) is 91.8. The molecule has 17 rings (SSSR count). The maximum absolute atomic E-state index is 13.1. The highest BCUT2D eigenvalue weighted by Crippen LogP contribution is 2.40. The van der Waals surface area contributed by atoms with Gasteiger partial charge in [-0.1, -0.05) is 60.7 Å². The highest BCUT2D eigenvalue weighted by atomic mass is 16.5. The number of aryl methyl sites for hydroxylation is 10. The number of azo groups is 6. The molecular weight excluding hydrogens is 1780 g/mol. The van der Waals surface area contributed by atoms with E-state index in [-0.39, 0.29) is 150 Å². The summed E-state index contributed by atoms with van der Waals surface area (Å²) >= 11 is 0. The topological polar surface area (TPSA) is 782 Å². The van der Waals surface area contributed by atoms with Gasteiger partial charge in [0.25, 0.3) is 11.9 Å². The number of nitrogens with two attached hydrogens (primary N) is 6. The quantitative estimate of drug-likeness (QED) is 0.0130. The number of Topliss-reactive ketones (excluding diaryl/α,β-unsaturated/α-hetero) is 3. The van der Waals surface area contributed by atoms with Crippen LogP contribution in [0.2, 0.25) is 0 Å².